The minimum absolute atomic E-state index is 0.275. The van der Waals surface area contributed by atoms with Crippen LogP contribution < -0.4 is 5.73 Å². The lowest BCUT2D eigenvalue weighted by atomic mass is 10.1. The zero-order valence-electron chi connectivity index (χ0n) is 9.71. The normalized spacial score (nSPS) is 15.5. The fourth-order valence-electron chi connectivity index (χ4n) is 1.09. The first-order chi connectivity index (χ1) is 6.20. The highest BCUT2D eigenvalue weighted by Gasteiger charge is 2.28. The zero-order chi connectivity index (χ0) is 11.4. The van der Waals surface area contributed by atoms with Crippen molar-refractivity contribution in [1.29, 1.82) is 0 Å². The Morgan fingerprint density at radius 3 is 2.07 bits per heavy atom. The number of hydrogen-bond acceptors (Lipinski definition) is 3. The maximum Gasteiger partial charge on any atom is 0.155 e. The summed E-state index contributed by atoms with van der Waals surface area (Å²) in [4.78, 5) is 0. The molecule has 86 valence electrons. The third kappa shape index (κ3) is 4.42. The van der Waals surface area contributed by atoms with Crippen molar-refractivity contribution in [1.82, 2.24) is 0 Å². The van der Waals surface area contributed by atoms with Gasteiger partial charge in [0.15, 0.2) is 9.84 Å². The maximum absolute atomic E-state index is 11.7. The predicted molar refractivity (Wildman–Crippen MR) is 61.0 cm³/mol. The summed E-state index contributed by atoms with van der Waals surface area (Å²) in [6, 6.07) is 0. The Morgan fingerprint density at radius 2 is 1.71 bits per heavy atom. The van der Waals surface area contributed by atoms with Crippen molar-refractivity contribution in [2.24, 2.45) is 11.7 Å². The van der Waals surface area contributed by atoms with E-state index in [9.17, 15) is 8.42 Å². The Labute approximate surface area is 88.0 Å². The lowest BCUT2D eigenvalue weighted by molar-refractivity contribution is 0.507. The predicted octanol–water partition coefficient (Wildman–Crippen LogP) is 1.57. The Balaban J connectivity index is 4.14. The molecule has 0 heterocycles. The molecule has 0 fully saturated rings. The molecule has 1 atom stereocenters. The van der Waals surface area contributed by atoms with Gasteiger partial charge in [0, 0.05) is 0 Å². The molecule has 0 spiro atoms. The summed E-state index contributed by atoms with van der Waals surface area (Å²) in [7, 11) is -2.95. The first-order valence-electron chi connectivity index (χ1n) is 5.13. The van der Waals surface area contributed by atoms with Crippen molar-refractivity contribution in [2.45, 2.75) is 45.3 Å². The van der Waals surface area contributed by atoms with E-state index in [1.807, 2.05) is 6.92 Å². The average molecular weight is 221 g/mol. The summed E-state index contributed by atoms with van der Waals surface area (Å²) >= 11 is 0. The molecule has 0 rings (SSSR count). The van der Waals surface area contributed by atoms with Crippen molar-refractivity contribution < 1.29 is 8.42 Å². The Kier molecular flexibility index (Phi) is 5.09. The summed E-state index contributed by atoms with van der Waals surface area (Å²) < 4.78 is 22.8. The van der Waals surface area contributed by atoms with Gasteiger partial charge >= 0.3 is 0 Å². The average Bonchev–Trinajstić information content (AvgIpc) is 1.99. The van der Waals surface area contributed by atoms with Crippen molar-refractivity contribution >= 4 is 9.84 Å². The highest BCUT2D eigenvalue weighted by atomic mass is 32.2. The molecule has 0 aromatic carbocycles. The molecule has 0 aliphatic heterocycles. The van der Waals surface area contributed by atoms with Gasteiger partial charge in [-0.3, -0.25) is 0 Å². The third-order valence-corrected chi connectivity index (χ3v) is 5.11. The Bertz CT molecular complexity index is 252. The molecule has 0 amide bonds. The molecule has 0 aliphatic rings. The van der Waals surface area contributed by atoms with Gasteiger partial charge in [-0.2, -0.15) is 0 Å². The second kappa shape index (κ2) is 5.12. The molecule has 0 radical (unpaired) electrons. The molecule has 0 aromatic rings. The van der Waals surface area contributed by atoms with Crippen LogP contribution >= 0.6 is 0 Å². The molecule has 0 saturated heterocycles. The quantitative estimate of drug-likeness (QED) is 0.766. The molecule has 4 heteroatoms. The molecule has 2 N–H and O–H groups in total. The van der Waals surface area contributed by atoms with E-state index in [2.05, 4.69) is 0 Å². The van der Waals surface area contributed by atoms with E-state index >= 15 is 0 Å². The summed E-state index contributed by atoms with van der Waals surface area (Å²) in [5.41, 5.74) is 5.41. The minimum atomic E-state index is -2.95. The van der Waals surface area contributed by atoms with Crippen LogP contribution in [0.25, 0.3) is 0 Å². The van der Waals surface area contributed by atoms with E-state index in [4.69, 9.17) is 5.73 Å². The van der Waals surface area contributed by atoms with Crippen LogP contribution in [0.1, 0.15) is 40.5 Å². The summed E-state index contributed by atoms with van der Waals surface area (Å²) in [5, 5.41) is 0. The summed E-state index contributed by atoms with van der Waals surface area (Å²) in [6.45, 7) is 7.92. The van der Waals surface area contributed by atoms with Crippen molar-refractivity contribution in [2.75, 3.05) is 12.3 Å². The molecular formula is C10H23NO2S. The topological polar surface area (TPSA) is 60.2 Å². The van der Waals surface area contributed by atoms with Gasteiger partial charge in [0.1, 0.15) is 0 Å². The SMILES string of the molecule is CC(CCN)CCS(=O)(=O)C(C)(C)C. The monoisotopic (exact) mass is 221 g/mol. The van der Waals surface area contributed by atoms with E-state index in [1.54, 1.807) is 20.8 Å². The van der Waals surface area contributed by atoms with Gasteiger partial charge in [0.2, 0.25) is 0 Å². The molecule has 0 bridgehead atoms. The first-order valence-corrected chi connectivity index (χ1v) is 6.78. The fourth-order valence-corrected chi connectivity index (χ4v) is 2.42. The first kappa shape index (κ1) is 13.9. The zero-order valence-corrected chi connectivity index (χ0v) is 10.5. The van der Waals surface area contributed by atoms with Gasteiger partial charge in [0.05, 0.1) is 10.5 Å². The van der Waals surface area contributed by atoms with Gasteiger partial charge < -0.3 is 5.73 Å². The number of hydrogen-bond donors (Lipinski definition) is 1. The van der Waals surface area contributed by atoms with Gasteiger partial charge in [0.25, 0.3) is 0 Å². The van der Waals surface area contributed by atoms with Gasteiger partial charge in [-0.1, -0.05) is 6.92 Å². The van der Waals surface area contributed by atoms with E-state index in [-0.39, 0.29) is 5.75 Å². The number of rotatable bonds is 5. The van der Waals surface area contributed by atoms with E-state index < -0.39 is 14.6 Å². The van der Waals surface area contributed by atoms with E-state index in [1.165, 1.54) is 0 Å². The molecular weight excluding hydrogens is 198 g/mol. The largest absolute Gasteiger partial charge is 0.330 e. The van der Waals surface area contributed by atoms with Crippen LogP contribution in [0.3, 0.4) is 0 Å². The molecule has 14 heavy (non-hydrogen) atoms. The summed E-state index contributed by atoms with van der Waals surface area (Å²) in [6.07, 6.45) is 1.62. The lowest BCUT2D eigenvalue weighted by Gasteiger charge is -2.20. The van der Waals surface area contributed by atoms with Crippen LogP contribution in [0, 0.1) is 5.92 Å². The molecule has 0 saturated carbocycles. The molecule has 1 unspecified atom stereocenters. The Morgan fingerprint density at radius 1 is 1.21 bits per heavy atom. The van der Waals surface area contributed by atoms with Crippen LogP contribution in [-0.2, 0) is 9.84 Å². The smallest absolute Gasteiger partial charge is 0.155 e. The van der Waals surface area contributed by atoms with Crippen molar-refractivity contribution in [3.63, 3.8) is 0 Å². The van der Waals surface area contributed by atoms with Crippen LogP contribution in [0.15, 0.2) is 0 Å². The molecule has 3 nitrogen and oxygen atoms in total. The van der Waals surface area contributed by atoms with Crippen LogP contribution in [0.2, 0.25) is 0 Å². The van der Waals surface area contributed by atoms with Crippen LogP contribution in [0.5, 0.6) is 0 Å². The third-order valence-electron chi connectivity index (χ3n) is 2.47. The van der Waals surface area contributed by atoms with E-state index in [0.717, 1.165) is 12.8 Å². The van der Waals surface area contributed by atoms with Crippen LogP contribution in [-0.4, -0.2) is 25.5 Å². The standard InChI is InChI=1S/C10H23NO2S/c1-9(5-7-11)6-8-14(12,13)10(2,3)4/h9H,5-8,11H2,1-4H3. The molecule has 0 aromatic heterocycles. The number of nitrogens with two attached hydrogens (primary N) is 1. The molecule has 0 aliphatic carbocycles. The van der Waals surface area contributed by atoms with Crippen molar-refractivity contribution in [3.05, 3.63) is 0 Å². The lowest BCUT2D eigenvalue weighted by Crippen LogP contribution is -2.31. The Hall–Kier alpha value is -0.0900. The fraction of sp³-hybridized carbons (Fsp3) is 1.00. The minimum Gasteiger partial charge on any atom is -0.330 e. The second-order valence-corrected chi connectivity index (χ2v) is 7.76. The van der Waals surface area contributed by atoms with Crippen molar-refractivity contribution in [3.8, 4) is 0 Å². The van der Waals surface area contributed by atoms with Gasteiger partial charge in [-0.15, -0.1) is 0 Å². The second-order valence-electron chi connectivity index (χ2n) is 4.90. The van der Waals surface area contributed by atoms with E-state index in [0.29, 0.717) is 12.5 Å². The summed E-state index contributed by atoms with van der Waals surface area (Å²) in [5.74, 6) is 0.676. The highest BCUT2D eigenvalue weighted by molar-refractivity contribution is 7.92. The highest BCUT2D eigenvalue weighted by Crippen LogP contribution is 2.19. The van der Waals surface area contributed by atoms with Gasteiger partial charge in [-0.05, 0) is 46.1 Å². The van der Waals surface area contributed by atoms with Gasteiger partial charge in [-0.25, -0.2) is 8.42 Å². The number of sulfone groups is 1. The maximum atomic E-state index is 11.7. The van der Waals surface area contributed by atoms with Crippen LogP contribution in [0.4, 0.5) is 0 Å².